The Hall–Kier alpha value is -1.83. The molecule has 1 amide bonds. The molecule has 0 aliphatic carbocycles. The van der Waals surface area contributed by atoms with E-state index in [9.17, 15) is 9.59 Å². The topological polar surface area (TPSA) is 72.2 Å². The number of aromatic nitrogens is 3. The summed E-state index contributed by atoms with van der Waals surface area (Å²) < 4.78 is 3.77. The fraction of sp³-hybridized carbons (Fsp3) is 0.526. The molecule has 0 spiro atoms. The van der Waals surface area contributed by atoms with Crippen molar-refractivity contribution in [1.82, 2.24) is 24.3 Å². The zero-order valence-electron chi connectivity index (χ0n) is 16.0. The molecule has 1 unspecified atom stereocenters. The van der Waals surface area contributed by atoms with Crippen molar-refractivity contribution in [3.8, 4) is 0 Å². The van der Waals surface area contributed by atoms with Crippen molar-refractivity contribution in [3.63, 3.8) is 0 Å². The van der Waals surface area contributed by atoms with Gasteiger partial charge in [0.05, 0.1) is 18.6 Å². The number of imidazole rings is 1. The van der Waals surface area contributed by atoms with Crippen molar-refractivity contribution < 1.29 is 4.79 Å². The van der Waals surface area contributed by atoms with E-state index in [1.54, 1.807) is 22.0 Å². The van der Waals surface area contributed by atoms with Gasteiger partial charge in [-0.2, -0.15) is 0 Å². The Morgan fingerprint density at radius 2 is 2.14 bits per heavy atom. The summed E-state index contributed by atoms with van der Waals surface area (Å²) in [6, 6.07) is 1.89. The van der Waals surface area contributed by atoms with Crippen LogP contribution in [-0.4, -0.2) is 44.6 Å². The van der Waals surface area contributed by atoms with Crippen molar-refractivity contribution in [2.75, 3.05) is 19.6 Å². The van der Waals surface area contributed by atoms with Crippen molar-refractivity contribution in [3.05, 3.63) is 52.0 Å². The fourth-order valence-corrected chi connectivity index (χ4v) is 3.94. The molecule has 0 aromatic carbocycles. The van der Waals surface area contributed by atoms with Gasteiger partial charge in [-0.05, 0) is 50.4 Å². The molecule has 1 saturated heterocycles. The van der Waals surface area contributed by atoms with Gasteiger partial charge in [0.15, 0.2) is 0 Å². The van der Waals surface area contributed by atoms with Gasteiger partial charge in [-0.3, -0.25) is 9.59 Å². The van der Waals surface area contributed by atoms with Gasteiger partial charge in [-0.15, -0.1) is 24.8 Å². The van der Waals surface area contributed by atoms with Crippen molar-refractivity contribution >= 4 is 30.7 Å². The second kappa shape index (κ2) is 9.58. The van der Waals surface area contributed by atoms with E-state index in [1.165, 1.54) is 0 Å². The Balaban J connectivity index is 0.00000140. The normalized spacial score (nSPS) is 18.6. The van der Waals surface area contributed by atoms with Crippen LogP contribution in [0.25, 0.3) is 0 Å². The van der Waals surface area contributed by atoms with Crippen LogP contribution in [0.4, 0.5) is 0 Å². The van der Waals surface area contributed by atoms with Gasteiger partial charge in [0, 0.05) is 32.0 Å². The number of pyridine rings is 1. The Bertz CT molecular complexity index is 873. The summed E-state index contributed by atoms with van der Waals surface area (Å²) >= 11 is 0. The number of nitrogens with zero attached hydrogens (tertiary/aromatic N) is 4. The van der Waals surface area contributed by atoms with Crippen LogP contribution < -0.4 is 10.9 Å². The predicted molar refractivity (Wildman–Crippen MR) is 112 cm³/mol. The highest BCUT2D eigenvalue weighted by molar-refractivity contribution is 5.95. The zero-order chi connectivity index (χ0) is 18.1. The van der Waals surface area contributed by atoms with E-state index in [2.05, 4.69) is 14.9 Å². The number of nitrogens with one attached hydrogen (secondary N) is 1. The Morgan fingerprint density at radius 3 is 2.89 bits per heavy atom. The number of carbonyl (C=O) groups is 1. The molecule has 28 heavy (non-hydrogen) atoms. The minimum Gasteiger partial charge on any atom is -0.331 e. The van der Waals surface area contributed by atoms with E-state index >= 15 is 0 Å². The second-order valence-electron chi connectivity index (χ2n) is 7.35. The molecular formula is C19H27Cl2N5O2. The van der Waals surface area contributed by atoms with Crippen LogP contribution in [-0.2, 0) is 19.6 Å². The monoisotopic (exact) mass is 427 g/mol. The molecule has 9 heteroatoms. The summed E-state index contributed by atoms with van der Waals surface area (Å²) in [5.41, 5.74) is 1.90. The smallest absolute Gasteiger partial charge is 0.263 e. The van der Waals surface area contributed by atoms with Crippen LogP contribution in [0.2, 0.25) is 0 Å². The third-order valence-corrected chi connectivity index (χ3v) is 5.49. The van der Waals surface area contributed by atoms with Crippen LogP contribution in [0.1, 0.15) is 34.5 Å². The summed E-state index contributed by atoms with van der Waals surface area (Å²) in [6.07, 6.45) is 7.65. The number of rotatable bonds is 3. The summed E-state index contributed by atoms with van der Waals surface area (Å²) in [5, 5.41) is 3.38. The van der Waals surface area contributed by atoms with Crippen LogP contribution in [0.3, 0.4) is 0 Å². The largest absolute Gasteiger partial charge is 0.331 e. The predicted octanol–water partition coefficient (Wildman–Crippen LogP) is 1.85. The lowest BCUT2D eigenvalue weighted by Gasteiger charge is -2.29. The van der Waals surface area contributed by atoms with E-state index in [4.69, 9.17) is 0 Å². The van der Waals surface area contributed by atoms with Gasteiger partial charge < -0.3 is 19.4 Å². The highest BCUT2D eigenvalue weighted by Crippen LogP contribution is 2.16. The number of hydrogen-bond donors (Lipinski definition) is 1. The lowest BCUT2D eigenvalue weighted by molar-refractivity contribution is 0.0707. The lowest BCUT2D eigenvalue weighted by Crippen LogP contribution is -2.42. The Labute approximate surface area is 176 Å². The fourth-order valence-electron chi connectivity index (χ4n) is 3.94. The van der Waals surface area contributed by atoms with Crippen LogP contribution in [0.15, 0.2) is 29.6 Å². The Kier molecular flexibility index (Phi) is 7.69. The van der Waals surface area contributed by atoms with Gasteiger partial charge in [-0.1, -0.05) is 0 Å². The maximum absolute atomic E-state index is 13.1. The number of hydrogen-bond acceptors (Lipinski definition) is 4. The maximum Gasteiger partial charge on any atom is 0.263 e. The average molecular weight is 428 g/mol. The molecule has 4 heterocycles. The molecule has 2 aromatic rings. The van der Waals surface area contributed by atoms with Crippen LogP contribution >= 0.6 is 24.8 Å². The highest BCUT2D eigenvalue weighted by atomic mass is 35.5. The molecule has 154 valence electrons. The number of fused-ring (bicyclic) bond motifs is 1. The molecule has 4 rings (SSSR count). The molecule has 7 nitrogen and oxygen atoms in total. The van der Waals surface area contributed by atoms with E-state index < -0.39 is 0 Å². The first-order valence-electron chi connectivity index (χ1n) is 9.32. The molecular weight excluding hydrogens is 401 g/mol. The van der Waals surface area contributed by atoms with Crippen LogP contribution in [0, 0.1) is 12.8 Å². The van der Waals surface area contributed by atoms with Crippen molar-refractivity contribution in [2.45, 2.75) is 39.4 Å². The maximum atomic E-state index is 13.1. The first-order chi connectivity index (χ1) is 12.6. The van der Waals surface area contributed by atoms with E-state index in [0.717, 1.165) is 43.7 Å². The summed E-state index contributed by atoms with van der Waals surface area (Å²) in [6.45, 7) is 6.30. The number of piperidine rings is 1. The van der Waals surface area contributed by atoms with Gasteiger partial charge in [0.1, 0.15) is 5.56 Å². The summed E-state index contributed by atoms with van der Waals surface area (Å²) in [5.74, 6) is 0.271. The number of halogens is 2. The minimum atomic E-state index is -0.170. The Morgan fingerprint density at radius 1 is 1.32 bits per heavy atom. The molecule has 2 aliphatic rings. The third kappa shape index (κ3) is 4.42. The quantitative estimate of drug-likeness (QED) is 0.810. The lowest BCUT2D eigenvalue weighted by atomic mass is 9.99. The molecule has 0 radical (unpaired) electrons. The van der Waals surface area contributed by atoms with Crippen molar-refractivity contribution in [1.29, 1.82) is 0 Å². The van der Waals surface area contributed by atoms with Crippen molar-refractivity contribution in [2.24, 2.45) is 5.92 Å². The first kappa shape index (κ1) is 22.5. The summed E-state index contributed by atoms with van der Waals surface area (Å²) in [7, 11) is 0. The molecule has 1 N–H and O–H groups in total. The third-order valence-electron chi connectivity index (χ3n) is 5.49. The van der Waals surface area contributed by atoms with Crippen LogP contribution in [0.5, 0.6) is 0 Å². The van der Waals surface area contributed by atoms with Gasteiger partial charge in [0.2, 0.25) is 0 Å². The molecule has 1 fully saturated rings. The number of amides is 1. The standard InChI is InChI=1S/C19H25N5O2.2ClH/c1-14-4-6-22(11-15-3-2-5-20-9-15)18(25)17(14)19(26)23-7-8-24-13-21-10-16(24)12-23;;/h4,6,10,13,15,20H,2-3,5,7-9,11-12H2,1H3;2*1H. The second-order valence-corrected chi connectivity index (χ2v) is 7.35. The van der Waals surface area contributed by atoms with Gasteiger partial charge >= 0.3 is 0 Å². The SMILES string of the molecule is Cc1ccn(CC2CCCNC2)c(=O)c1C(=O)N1CCn2cncc2C1.Cl.Cl. The average Bonchev–Trinajstić information content (AvgIpc) is 3.12. The molecule has 2 aliphatic heterocycles. The van der Waals surface area contributed by atoms with E-state index in [1.807, 2.05) is 19.2 Å². The minimum absolute atomic E-state index is 0. The number of aryl methyl sites for hydroxylation is 1. The zero-order valence-corrected chi connectivity index (χ0v) is 17.6. The molecule has 0 bridgehead atoms. The van der Waals surface area contributed by atoms with E-state index in [-0.39, 0.29) is 36.3 Å². The van der Waals surface area contributed by atoms with E-state index in [0.29, 0.717) is 31.1 Å². The first-order valence-corrected chi connectivity index (χ1v) is 9.32. The highest BCUT2D eigenvalue weighted by Gasteiger charge is 2.26. The number of carbonyl (C=O) groups excluding carboxylic acids is 1. The molecule has 2 aromatic heterocycles. The molecule has 1 atom stereocenters. The molecule has 0 saturated carbocycles. The van der Waals surface area contributed by atoms with Gasteiger partial charge in [-0.25, -0.2) is 4.98 Å². The van der Waals surface area contributed by atoms with Gasteiger partial charge in [0.25, 0.3) is 11.5 Å². The summed E-state index contributed by atoms with van der Waals surface area (Å²) in [4.78, 5) is 32.0.